The van der Waals surface area contributed by atoms with Gasteiger partial charge in [0.25, 0.3) is 0 Å². The molecular formula is C13H19Cl3N2O2S. The van der Waals surface area contributed by atoms with E-state index >= 15 is 0 Å². The van der Waals surface area contributed by atoms with E-state index in [-0.39, 0.29) is 24.2 Å². The molecule has 1 saturated heterocycles. The highest BCUT2D eigenvalue weighted by molar-refractivity contribution is 7.88. The van der Waals surface area contributed by atoms with Gasteiger partial charge in [0.1, 0.15) is 0 Å². The van der Waals surface area contributed by atoms with Crippen molar-refractivity contribution in [1.29, 1.82) is 0 Å². The van der Waals surface area contributed by atoms with Crippen LogP contribution in [-0.4, -0.2) is 27.5 Å². The van der Waals surface area contributed by atoms with E-state index in [4.69, 9.17) is 23.2 Å². The first-order valence-corrected chi connectivity index (χ1v) is 8.93. The van der Waals surface area contributed by atoms with Crippen molar-refractivity contribution in [2.24, 2.45) is 5.92 Å². The van der Waals surface area contributed by atoms with Gasteiger partial charge < -0.3 is 5.32 Å². The molecule has 1 heterocycles. The predicted octanol–water partition coefficient (Wildman–Crippen LogP) is 2.83. The molecule has 1 aliphatic rings. The zero-order chi connectivity index (χ0) is 14.8. The Balaban J connectivity index is 0.00000220. The van der Waals surface area contributed by atoms with Gasteiger partial charge in [-0.2, -0.15) is 0 Å². The molecule has 1 aromatic carbocycles. The second-order valence-corrected chi connectivity index (χ2v) is 7.77. The molecule has 120 valence electrons. The van der Waals surface area contributed by atoms with Crippen LogP contribution in [0.25, 0.3) is 0 Å². The maximum absolute atomic E-state index is 12.2. The molecule has 0 aromatic heterocycles. The number of piperidine rings is 1. The topological polar surface area (TPSA) is 58.2 Å². The summed E-state index contributed by atoms with van der Waals surface area (Å²) in [5.41, 5.74) is 0.628. The van der Waals surface area contributed by atoms with Crippen molar-refractivity contribution < 1.29 is 8.42 Å². The minimum atomic E-state index is -3.39. The molecule has 0 radical (unpaired) electrons. The van der Waals surface area contributed by atoms with Gasteiger partial charge in [0.05, 0.1) is 15.8 Å². The highest BCUT2D eigenvalue weighted by Gasteiger charge is 2.25. The zero-order valence-corrected chi connectivity index (χ0v) is 14.7. The molecule has 2 N–H and O–H groups in total. The summed E-state index contributed by atoms with van der Waals surface area (Å²) in [6.07, 6.45) is 0.972. The molecule has 2 rings (SSSR count). The van der Waals surface area contributed by atoms with Crippen molar-refractivity contribution in [1.82, 2.24) is 10.0 Å². The van der Waals surface area contributed by atoms with Crippen LogP contribution >= 0.6 is 35.6 Å². The van der Waals surface area contributed by atoms with Gasteiger partial charge in [-0.05, 0) is 36.6 Å². The number of halogens is 3. The van der Waals surface area contributed by atoms with Crippen LogP contribution in [0, 0.1) is 5.92 Å². The van der Waals surface area contributed by atoms with Gasteiger partial charge in [-0.25, -0.2) is 13.1 Å². The van der Waals surface area contributed by atoms with Crippen molar-refractivity contribution >= 4 is 45.6 Å². The summed E-state index contributed by atoms with van der Waals surface area (Å²) in [4.78, 5) is 0. The lowest BCUT2D eigenvalue weighted by molar-refractivity contribution is 0.327. The molecule has 0 amide bonds. The first-order chi connectivity index (χ1) is 9.37. The summed E-state index contributed by atoms with van der Waals surface area (Å²) in [5.74, 6) is 0.243. The van der Waals surface area contributed by atoms with Gasteiger partial charge in [0, 0.05) is 12.6 Å². The first kappa shape index (κ1) is 19.0. The molecule has 21 heavy (non-hydrogen) atoms. The van der Waals surface area contributed by atoms with E-state index in [1.807, 2.05) is 0 Å². The summed E-state index contributed by atoms with van der Waals surface area (Å²) >= 11 is 11.7. The highest BCUT2D eigenvalue weighted by atomic mass is 35.5. The second-order valence-electron chi connectivity index (χ2n) is 5.20. The summed E-state index contributed by atoms with van der Waals surface area (Å²) in [7, 11) is -3.39. The lowest BCUT2D eigenvalue weighted by atomic mass is 9.96. The molecule has 1 aromatic rings. The van der Waals surface area contributed by atoms with Crippen molar-refractivity contribution in [3.8, 4) is 0 Å². The minimum absolute atomic E-state index is 0. The maximum Gasteiger partial charge on any atom is 0.216 e. The van der Waals surface area contributed by atoms with Crippen molar-refractivity contribution in [2.45, 2.75) is 25.1 Å². The average Bonchev–Trinajstić information content (AvgIpc) is 2.36. The molecule has 4 nitrogen and oxygen atoms in total. The fourth-order valence-corrected chi connectivity index (χ4v) is 4.07. The Morgan fingerprint density at radius 3 is 2.67 bits per heavy atom. The Hall–Kier alpha value is -0.0400. The standard InChI is InChI=1S/C13H18Cl2N2O2S.ClH/c1-9-4-5-16-7-13(9)17-20(18,19)8-10-2-3-11(14)12(15)6-10;/h2-3,6,9,13,16-17H,4-5,7-8H2,1H3;1H. The number of hydrogen-bond acceptors (Lipinski definition) is 3. The van der Waals surface area contributed by atoms with Gasteiger partial charge in [-0.1, -0.05) is 36.2 Å². The Labute approximate surface area is 142 Å². The molecule has 0 spiro atoms. The lowest BCUT2D eigenvalue weighted by Gasteiger charge is -2.30. The molecule has 2 atom stereocenters. The summed E-state index contributed by atoms with van der Waals surface area (Å²) in [6.45, 7) is 3.67. The zero-order valence-electron chi connectivity index (χ0n) is 11.6. The van der Waals surface area contributed by atoms with E-state index in [0.29, 0.717) is 28.1 Å². The van der Waals surface area contributed by atoms with Crippen LogP contribution in [-0.2, 0) is 15.8 Å². The Kier molecular flexibility index (Phi) is 7.24. The number of sulfonamides is 1. The highest BCUT2D eigenvalue weighted by Crippen LogP contribution is 2.23. The number of benzene rings is 1. The third-order valence-corrected chi connectivity index (χ3v) is 5.61. The van der Waals surface area contributed by atoms with Crippen LogP contribution in [0.2, 0.25) is 10.0 Å². The normalized spacial score (nSPS) is 22.6. The van der Waals surface area contributed by atoms with E-state index < -0.39 is 10.0 Å². The molecule has 1 aliphatic heterocycles. The van der Waals surface area contributed by atoms with Gasteiger partial charge in [0.2, 0.25) is 10.0 Å². The van der Waals surface area contributed by atoms with Crippen LogP contribution in [0.3, 0.4) is 0 Å². The van der Waals surface area contributed by atoms with Crippen LogP contribution in [0.1, 0.15) is 18.9 Å². The summed E-state index contributed by atoms with van der Waals surface area (Å²) in [6, 6.07) is 4.82. The van der Waals surface area contributed by atoms with Crippen LogP contribution in [0.5, 0.6) is 0 Å². The average molecular weight is 374 g/mol. The molecule has 0 aliphatic carbocycles. The van der Waals surface area contributed by atoms with E-state index in [1.165, 1.54) is 0 Å². The molecule has 1 fully saturated rings. The maximum atomic E-state index is 12.2. The molecule has 0 saturated carbocycles. The number of hydrogen-bond donors (Lipinski definition) is 2. The lowest BCUT2D eigenvalue weighted by Crippen LogP contribution is -2.50. The predicted molar refractivity (Wildman–Crippen MR) is 89.9 cm³/mol. The first-order valence-electron chi connectivity index (χ1n) is 6.52. The smallest absolute Gasteiger partial charge is 0.216 e. The Bertz CT molecular complexity index is 581. The molecule has 8 heteroatoms. The van der Waals surface area contributed by atoms with Crippen LogP contribution < -0.4 is 10.0 Å². The van der Waals surface area contributed by atoms with E-state index in [1.54, 1.807) is 18.2 Å². The van der Waals surface area contributed by atoms with Gasteiger partial charge >= 0.3 is 0 Å². The molecule has 2 unspecified atom stereocenters. The van der Waals surface area contributed by atoms with Gasteiger partial charge in [-0.15, -0.1) is 12.4 Å². The quantitative estimate of drug-likeness (QED) is 0.853. The van der Waals surface area contributed by atoms with Crippen molar-refractivity contribution in [3.05, 3.63) is 33.8 Å². The van der Waals surface area contributed by atoms with E-state index in [0.717, 1.165) is 13.0 Å². The minimum Gasteiger partial charge on any atom is -0.315 e. The van der Waals surface area contributed by atoms with Gasteiger partial charge in [-0.3, -0.25) is 0 Å². The molecular weight excluding hydrogens is 355 g/mol. The number of nitrogens with one attached hydrogen (secondary N) is 2. The van der Waals surface area contributed by atoms with E-state index in [2.05, 4.69) is 17.0 Å². The van der Waals surface area contributed by atoms with Crippen molar-refractivity contribution in [3.63, 3.8) is 0 Å². The fraction of sp³-hybridized carbons (Fsp3) is 0.538. The summed E-state index contributed by atoms with van der Waals surface area (Å²) < 4.78 is 27.2. The van der Waals surface area contributed by atoms with Crippen LogP contribution in [0.15, 0.2) is 18.2 Å². The Morgan fingerprint density at radius 2 is 2.05 bits per heavy atom. The van der Waals surface area contributed by atoms with Crippen molar-refractivity contribution in [2.75, 3.05) is 13.1 Å². The second kappa shape index (κ2) is 7.99. The SMILES string of the molecule is CC1CCNCC1NS(=O)(=O)Cc1ccc(Cl)c(Cl)c1.Cl. The largest absolute Gasteiger partial charge is 0.315 e. The third-order valence-electron chi connectivity index (χ3n) is 3.50. The number of rotatable bonds is 4. The van der Waals surface area contributed by atoms with E-state index in [9.17, 15) is 8.42 Å². The van der Waals surface area contributed by atoms with Gasteiger partial charge in [0.15, 0.2) is 0 Å². The van der Waals surface area contributed by atoms with Crippen LogP contribution in [0.4, 0.5) is 0 Å². The summed E-state index contributed by atoms with van der Waals surface area (Å²) in [5, 5.41) is 3.99. The fourth-order valence-electron chi connectivity index (χ4n) is 2.27. The Morgan fingerprint density at radius 1 is 1.33 bits per heavy atom. The molecule has 0 bridgehead atoms. The third kappa shape index (κ3) is 5.58. The monoisotopic (exact) mass is 372 g/mol.